The molecule has 0 fully saturated rings. The van der Waals surface area contributed by atoms with E-state index in [9.17, 15) is 9.59 Å². The number of amides is 1. The third-order valence-corrected chi connectivity index (χ3v) is 4.87. The largest absolute Gasteiger partial charge is 0.413 e. The molecular weight excluding hydrogens is 404 g/mol. The van der Waals surface area contributed by atoms with Crippen molar-refractivity contribution >= 4 is 22.9 Å². The molecule has 0 saturated heterocycles. The van der Waals surface area contributed by atoms with Gasteiger partial charge in [-0.1, -0.05) is 0 Å². The molecule has 2 heterocycles. The molecule has 0 radical (unpaired) electrons. The number of fused-ring (bicyclic) bond motifs is 1. The van der Waals surface area contributed by atoms with Crippen LogP contribution < -0.4 is 10.1 Å². The third kappa shape index (κ3) is 4.51. The van der Waals surface area contributed by atoms with E-state index in [2.05, 4.69) is 20.3 Å². The summed E-state index contributed by atoms with van der Waals surface area (Å²) in [6, 6.07) is 12.3. The molecule has 162 valence electrons. The van der Waals surface area contributed by atoms with Crippen LogP contribution >= 0.6 is 0 Å². The monoisotopic (exact) mass is 428 g/mol. The van der Waals surface area contributed by atoms with Crippen molar-refractivity contribution in [2.45, 2.75) is 33.2 Å². The highest BCUT2D eigenvalue weighted by atomic mass is 16.6. The van der Waals surface area contributed by atoms with Crippen molar-refractivity contribution in [1.82, 2.24) is 20.3 Å². The minimum atomic E-state index is -0.517. The highest BCUT2D eigenvalue weighted by molar-refractivity contribution is 6.14. The van der Waals surface area contributed by atoms with Gasteiger partial charge in [0.05, 0.1) is 22.3 Å². The van der Waals surface area contributed by atoms with Gasteiger partial charge in [0, 0.05) is 29.7 Å². The van der Waals surface area contributed by atoms with Gasteiger partial charge in [0.25, 0.3) is 0 Å². The summed E-state index contributed by atoms with van der Waals surface area (Å²) in [6.07, 6.45) is 4.52. The number of ether oxygens (including phenoxy) is 1. The number of aromatic nitrogens is 3. The molecule has 0 spiro atoms. The van der Waals surface area contributed by atoms with Crippen molar-refractivity contribution in [1.29, 1.82) is 0 Å². The van der Waals surface area contributed by atoms with Gasteiger partial charge in [0.2, 0.25) is 0 Å². The number of ketones is 1. The number of nitrogens with one attached hydrogen (secondary N) is 2. The summed E-state index contributed by atoms with van der Waals surface area (Å²) in [4.78, 5) is 37.1. The highest BCUT2D eigenvalue weighted by Gasteiger charge is 2.20. The molecule has 2 N–H and O–H groups in total. The number of carbonyl (C=O) groups excluding carboxylic acids is 2. The van der Waals surface area contributed by atoms with E-state index in [4.69, 9.17) is 4.74 Å². The van der Waals surface area contributed by atoms with Gasteiger partial charge in [-0.05, 0) is 81.3 Å². The van der Waals surface area contributed by atoms with Crippen LogP contribution in [0.15, 0.2) is 61.1 Å². The molecule has 0 aliphatic carbocycles. The lowest BCUT2D eigenvalue weighted by molar-refractivity contribution is 0.103. The van der Waals surface area contributed by atoms with E-state index in [0.717, 1.165) is 16.6 Å². The number of hydrogen-bond acceptors (Lipinski definition) is 5. The Kier molecular flexibility index (Phi) is 5.48. The van der Waals surface area contributed by atoms with Crippen LogP contribution in [0.3, 0.4) is 0 Å². The molecule has 4 rings (SSSR count). The van der Waals surface area contributed by atoms with Crippen molar-refractivity contribution in [3.8, 4) is 17.0 Å². The van der Waals surface area contributed by atoms with Gasteiger partial charge in [-0.15, -0.1) is 0 Å². The molecule has 7 heteroatoms. The standard InChI is InChI=1S/C25H24N4O3/c1-15-14-28-22(16-5-8-18(9-6-16)32-24(31)29-25(2,3)4)21(15)23(30)17-7-10-19-20(13-17)27-12-11-26-19/h5-14,28H,1-4H3,(H,29,31). The maximum Gasteiger partial charge on any atom is 0.413 e. The Hall–Kier alpha value is -4.00. The van der Waals surface area contributed by atoms with Crippen LogP contribution in [0.4, 0.5) is 4.79 Å². The minimum Gasteiger partial charge on any atom is -0.410 e. The Balaban J connectivity index is 1.61. The van der Waals surface area contributed by atoms with Gasteiger partial charge < -0.3 is 15.0 Å². The fourth-order valence-electron chi connectivity index (χ4n) is 3.42. The molecule has 0 atom stereocenters. The Morgan fingerprint density at radius 2 is 1.66 bits per heavy atom. The first-order chi connectivity index (χ1) is 15.2. The Morgan fingerprint density at radius 3 is 2.34 bits per heavy atom. The number of H-pyrrole nitrogens is 1. The zero-order chi connectivity index (χ0) is 22.9. The van der Waals surface area contributed by atoms with E-state index in [0.29, 0.717) is 28.1 Å². The van der Waals surface area contributed by atoms with Crippen LogP contribution in [-0.4, -0.2) is 32.4 Å². The smallest absolute Gasteiger partial charge is 0.410 e. The topological polar surface area (TPSA) is 97.0 Å². The lowest BCUT2D eigenvalue weighted by Crippen LogP contribution is -2.42. The van der Waals surface area contributed by atoms with Gasteiger partial charge >= 0.3 is 6.09 Å². The van der Waals surface area contributed by atoms with Gasteiger partial charge in [0.1, 0.15) is 5.75 Å². The predicted molar refractivity (Wildman–Crippen MR) is 123 cm³/mol. The lowest BCUT2D eigenvalue weighted by Gasteiger charge is -2.19. The molecule has 2 aromatic carbocycles. The van der Waals surface area contributed by atoms with Crippen molar-refractivity contribution in [3.63, 3.8) is 0 Å². The number of rotatable bonds is 4. The average Bonchev–Trinajstić information content (AvgIpc) is 3.13. The van der Waals surface area contributed by atoms with Gasteiger partial charge in [-0.25, -0.2) is 4.79 Å². The average molecular weight is 428 g/mol. The van der Waals surface area contributed by atoms with Gasteiger partial charge in [-0.3, -0.25) is 14.8 Å². The first-order valence-corrected chi connectivity index (χ1v) is 10.3. The van der Waals surface area contributed by atoms with E-state index in [1.807, 2.05) is 46.0 Å². The summed E-state index contributed by atoms with van der Waals surface area (Å²) in [6.45, 7) is 7.53. The van der Waals surface area contributed by atoms with Gasteiger partial charge in [-0.2, -0.15) is 0 Å². The fraction of sp³-hybridized carbons (Fsp3) is 0.200. The molecule has 0 bridgehead atoms. The number of aromatic amines is 1. The van der Waals surface area contributed by atoms with Crippen LogP contribution in [0.25, 0.3) is 22.3 Å². The normalized spacial score (nSPS) is 11.4. The number of hydrogen-bond donors (Lipinski definition) is 2. The lowest BCUT2D eigenvalue weighted by atomic mass is 9.97. The maximum atomic E-state index is 13.4. The quantitative estimate of drug-likeness (QED) is 0.443. The number of aryl methyl sites for hydroxylation is 1. The van der Waals surface area contributed by atoms with Crippen LogP contribution in [0, 0.1) is 6.92 Å². The third-order valence-electron chi connectivity index (χ3n) is 4.87. The van der Waals surface area contributed by atoms with E-state index in [1.165, 1.54) is 0 Å². The van der Waals surface area contributed by atoms with E-state index >= 15 is 0 Å². The van der Waals surface area contributed by atoms with E-state index in [-0.39, 0.29) is 11.3 Å². The molecule has 2 aromatic heterocycles. The molecule has 1 amide bonds. The molecule has 0 saturated carbocycles. The number of carbonyl (C=O) groups is 2. The summed E-state index contributed by atoms with van der Waals surface area (Å²) in [5.74, 6) is 0.316. The highest BCUT2D eigenvalue weighted by Crippen LogP contribution is 2.29. The summed E-state index contributed by atoms with van der Waals surface area (Å²) in [5, 5.41) is 2.75. The van der Waals surface area contributed by atoms with E-state index in [1.54, 1.807) is 42.7 Å². The summed E-state index contributed by atoms with van der Waals surface area (Å²) < 4.78 is 5.33. The Labute approximate surface area is 185 Å². The van der Waals surface area contributed by atoms with Crippen molar-refractivity contribution in [3.05, 3.63) is 77.7 Å². The zero-order valence-electron chi connectivity index (χ0n) is 18.4. The first-order valence-electron chi connectivity index (χ1n) is 10.3. The van der Waals surface area contributed by atoms with Crippen molar-refractivity contribution in [2.75, 3.05) is 0 Å². The second kappa shape index (κ2) is 8.26. The van der Waals surface area contributed by atoms with Crippen molar-refractivity contribution < 1.29 is 14.3 Å². The SMILES string of the molecule is Cc1c[nH]c(-c2ccc(OC(=O)NC(C)(C)C)cc2)c1C(=O)c1ccc2nccnc2c1. The van der Waals surface area contributed by atoms with Crippen LogP contribution in [-0.2, 0) is 0 Å². The molecule has 0 unspecified atom stereocenters. The van der Waals surface area contributed by atoms with Crippen molar-refractivity contribution in [2.24, 2.45) is 0 Å². The summed E-state index contributed by atoms with van der Waals surface area (Å²) in [5.41, 5.74) is 4.51. The second-order valence-electron chi connectivity index (χ2n) is 8.60. The Morgan fingerprint density at radius 1 is 0.969 bits per heavy atom. The van der Waals surface area contributed by atoms with Crippen LogP contribution in [0.2, 0.25) is 0 Å². The Bertz CT molecular complexity index is 1300. The molecule has 32 heavy (non-hydrogen) atoms. The van der Waals surface area contributed by atoms with Crippen LogP contribution in [0.1, 0.15) is 42.3 Å². The van der Waals surface area contributed by atoms with Crippen LogP contribution in [0.5, 0.6) is 5.75 Å². The first kappa shape index (κ1) is 21.2. The van der Waals surface area contributed by atoms with Gasteiger partial charge in [0.15, 0.2) is 5.78 Å². The molecule has 0 aliphatic rings. The molecule has 4 aromatic rings. The molecule has 7 nitrogen and oxygen atoms in total. The number of benzene rings is 2. The summed E-state index contributed by atoms with van der Waals surface area (Å²) >= 11 is 0. The fourth-order valence-corrected chi connectivity index (χ4v) is 3.42. The predicted octanol–water partition coefficient (Wildman–Crippen LogP) is 5.05. The minimum absolute atomic E-state index is 0.101. The maximum absolute atomic E-state index is 13.4. The zero-order valence-corrected chi connectivity index (χ0v) is 18.4. The van der Waals surface area contributed by atoms with E-state index < -0.39 is 6.09 Å². The number of nitrogens with zero attached hydrogens (tertiary/aromatic N) is 2. The molecule has 0 aliphatic heterocycles. The summed E-state index contributed by atoms with van der Waals surface area (Å²) in [7, 11) is 0. The second-order valence-corrected chi connectivity index (χ2v) is 8.60. The molecular formula is C25H24N4O3.